The van der Waals surface area contributed by atoms with Crippen LogP contribution in [0.3, 0.4) is 0 Å². The molecule has 0 fully saturated rings. The molecule has 1 amide bonds. The predicted octanol–water partition coefficient (Wildman–Crippen LogP) is 0.906. The van der Waals surface area contributed by atoms with E-state index >= 15 is 0 Å². The molecule has 0 spiro atoms. The van der Waals surface area contributed by atoms with Crippen LogP contribution in [-0.4, -0.2) is 29.5 Å². The molecule has 0 aliphatic rings. The van der Waals surface area contributed by atoms with Crippen molar-refractivity contribution in [3.8, 4) is 0 Å². The Morgan fingerprint density at radius 1 is 1.58 bits per heavy atom. The van der Waals surface area contributed by atoms with E-state index in [2.05, 4.69) is 21.2 Å². The summed E-state index contributed by atoms with van der Waals surface area (Å²) in [5, 5.41) is 11.8. The van der Waals surface area contributed by atoms with Crippen molar-refractivity contribution in [3.63, 3.8) is 0 Å². The minimum atomic E-state index is -0.0213. The summed E-state index contributed by atoms with van der Waals surface area (Å²) in [5.74, 6) is -0.0129. The molecule has 72 valence electrons. The van der Waals surface area contributed by atoms with E-state index < -0.39 is 0 Å². The first-order valence-electron chi connectivity index (χ1n) is 3.95. The summed E-state index contributed by atoms with van der Waals surface area (Å²) in [6.07, 6.45) is 0.704. The van der Waals surface area contributed by atoms with E-state index in [0.29, 0.717) is 18.3 Å². The molecule has 0 unspecified atom stereocenters. The van der Waals surface area contributed by atoms with Gasteiger partial charge in [-0.2, -0.15) is 0 Å². The summed E-state index contributed by atoms with van der Waals surface area (Å²) in [6, 6.07) is 0. The van der Waals surface area contributed by atoms with E-state index in [0.717, 1.165) is 0 Å². The Bertz CT molecular complexity index is 148. The molecule has 0 aromatic carbocycles. The minimum absolute atomic E-state index is 0.0129. The topological polar surface area (TPSA) is 49.3 Å². The van der Waals surface area contributed by atoms with Crippen LogP contribution in [0.15, 0.2) is 0 Å². The normalized spacial score (nSPS) is 11.3. The van der Waals surface area contributed by atoms with Gasteiger partial charge in [-0.3, -0.25) is 4.79 Å². The van der Waals surface area contributed by atoms with Crippen molar-refractivity contribution in [1.82, 2.24) is 5.32 Å². The molecule has 0 heterocycles. The van der Waals surface area contributed by atoms with Gasteiger partial charge in [0.15, 0.2) is 0 Å². The second-order valence-electron chi connectivity index (χ2n) is 3.55. The molecule has 0 aromatic rings. The zero-order valence-corrected chi connectivity index (χ0v) is 9.15. The van der Waals surface area contributed by atoms with Crippen LogP contribution in [0.4, 0.5) is 0 Å². The largest absolute Gasteiger partial charge is 0.396 e. The number of carbonyl (C=O) groups excluding carboxylic acids is 1. The van der Waals surface area contributed by atoms with Gasteiger partial charge in [-0.1, -0.05) is 29.8 Å². The smallest absolute Gasteiger partial charge is 0.230 e. The molecule has 0 aliphatic heterocycles. The highest BCUT2D eigenvalue weighted by molar-refractivity contribution is 9.09. The average molecular weight is 238 g/mol. The Hall–Kier alpha value is -0.0900. The fourth-order valence-corrected chi connectivity index (χ4v) is 0.974. The minimum Gasteiger partial charge on any atom is -0.396 e. The van der Waals surface area contributed by atoms with Gasteiger partial charge in [0.1, 0.15) is 0 Å². The SMILES string of the molecule is CC(C)(CCO)CNC(=O)CBr. The number of carbonyl (C=O) groups is 1. The molecule has 0 saturated carbocycles. The molecule has 4 heteroatoms. The summed E-state index contributed by atoms with van der Waals surface area (Å²) in [6.45, 7) is 4.80. The van der Waals surface area contributed by atoms with Gasteiger partial charge in [0.05, 0.1) is 5.33 Å². The van der Waals surface area contributed by atoms with E-state index in [9.17, 15) is 4.79 Å². The van der Waals surface area contributed by atoms with Gasteiger partial charge in [-0.05, 0) is 11.8 Å². The second-order valence-corrected chi connectivity index (χ2v) is 4.11. The lowest BCUT2D eigenvalue weighted by Gasteiger charge is -2.23. The number of hydrogen-bond acceptors (Lipinski definition) is 2. The first-order valence-corrected chi connectivity index (χ1v) is 5.07. The number of alkyl halides is 1. The highest BCUT2D eigenvalue weighted by atomic mass is 79.9. The molecule has 0 rings (SSSR count). The van der Waals surface area contributed by atoms with Crippen molar-refractivity contribution in [3.05, 3.63) is 0 Å². The van der Waals surface area contributed by atoms with Crippen molar-refractivity contribution < 1.29 is 9.90 Å². The third-order valence-electron chi connectivity index (χ3n) is 1.67. The maximum atomic E-state index is 10.8. The first kappa shape index (κ1) is 11.9. The van der Waals surface area contributed by atoms with Crippen molar-refractivity contribution in [1.29, 1.82) is 0 Å². The summed E-state index contributed by atoms with van der Waals surface area (Å²) in [7, 11) is 0. The van der Waals surface area contributed by atoms with Gasteiger partial charge in [0, 0.05) is 13.2 Å². The van der Waals surface area contributed by atoms with Crippen LogP contribution in [0.1, 0.15) is 20.3 Å². The van der Waals surface area contributed by atoms with E-state index in [1.54, 1.807) is 0 Å². The molecule has 3 nitrogen and oxygen atoms in total. The molecule has 0 atom stereocenters. The highest BCUT2D eigenvalue weighted by Crippen LogP contribution is 2.17. The van der Waals surface area contributed by atoms with Crippen LogP contribution >= 0.6 is 15.9 Å². The van der Waals surface area contributed by atoms with E-state index in [4.69, 9.17) is 5.11 Å². The summed E-state index contributed by atoms with van der Waals surface area (Å²) >= 11 is 3.06. The van der Waals surface area contributed by atoms with E-state index in [-0.39, 0.29) is 17.9 Å². The lowest BCUT2D eigenvalue weighted by atomic mass is 9.90. The van der Waals surface area contributed by atoms with Gasteiger partial charge in [-0.15, -0.1) is 0 Å². The van der Waals surface area contributed by atoms with Crippen molar-refractivity contribution in [2.75, 3.05) is 18.5 Å². The number of amides is 1. The highest BCUT2D eigenvalue weighted by Gasteiger charge is 2.17. The van der Waals surface area contributed by atoms with Crippen LogP contribution in [0, 0.1) is 5.41 Å². The number of hydrogen-bond donors (Lipinski definition) is 2. The summed E-state index contributed by atoms with van der Waals surface area (Å²) in [4.78, 5) is 10.8. The maximum absolute atomic E-state index is 10.8. The van der Waals surface area contributed by atoms with Crippen LogP contribution in [0.25, 0.3) is 0 Å². The molecule has 0 aromatic heterocycles. The zero-order valence-electron chi connectivity index (χ0n) is 7.56. The molecule has 0 bridgehead atoms. The predicted molar refractivity (Wildman–Crippen MR) is 52.3 cm³/mol. The summed E-state index contributed by atoms with van der Waals surface area (Å²) < 4.78 is 0. The number of aliphatic hydroxyl groups is 1. The Balaban J connectivity index is 3.67. The summed E-state index contributed by atoms with van der Waals surface area (Å²) in [5.41, 5.74) is -0.0213. The van der Waals surface area contributed by atoms with E-state index in [1.807, 2.05) is 13.8 Å². The van der Waals surface area contributed by atoms with Gasteiger partial charge in [-0.25, -0.2) is 0 Å². The zero-order chi connectivity index (χ0) is 9.61. The molecule has 0 aliphatic carbocycles. The van der Waals surface area contributed by atoms with Gasteiger partial charge in [0.2, 0.25) is 5.91 Å². The lowest BCUT2D eigenvalue weighted by Crippen LogP contribution is -2.35. The van der Waals surface area contributed by atoms with E-state index in [1.165, 1.54) is 0 Å². The molecule has 0 radical (unpaired) electrons. The standard InChI is InChI=1S/C8H16BrNO2/c1-8(2,3-4-11)6-10-7(12)5-9/h11H,3-6H2,1-2H3,(H,10,12). The molecule has 0 saturated heterocycles. The number of rotatable bonds is 5. The van der Waals surface area contributed by atoms with Crippen molar-refractivity contribution in [2.45, 2.75) is 20.3 Å². The molecule has 2 N–H and O–H groups in total. The molecular formula is C8H16BrNO2. The van der Waals surface area contributed by atoms with Crippen LogP contribution in [0.5, 0.6) is 0 Å². The quantitative estimate of drug-likeness (QED) is 0.699. The fraction of sp³-hybridized carbons (Fsp3) is 0.875. The van der Waals surface area contributed by atoms with Crippen molar-refractivity contribution in [2.24, 2.45) is 5.41 Å². The maximum Gasteiger partial charge on any atom is 0.230 e. The van der Waals surface area contributed by atoms with Crippen molar-refractivity contribution >= 4 is 21.8 Å². The number of halogens is 1. The van der Waals surface area contributed by atoms with Crippen LogP contribution in [-0.2, 0) is 4.79 Å². The Morgan fingerprint density at radius 3 is 2.58 bits per heavy atom. The number of aliphatic hydroxyl groups excluding tert-OH is 1. The van der Waals surface area contributed by atoms with Gasteiger partial charge >= 0.3 is 0 Å². The monoisotopic (exact) mass is 237 g/mol. The average Bonchev–Trinajstić information content (AvgIpc) is 2.00. The van der Waals surface area contributed by atoms with Crippen LogP contribution < -0.4 is 5.32 Å². The third kappa shape index (κ3) is 5.55. The third-order valence-corrected chi connectivity index (χ3v) is 2.18. The lowest BCUT2D eigenvalue weighted by molar-refractivity contribution is -0.118. The Morgan fingerprint density at radius 2 is 2.17 bits per heavy atom. The van der Waals surface area contributed by atoms with Gasteiger partial charge in [0.25, 0.3) is 0 Å². The second kappa shape index (κ2) is 5.54. The molecule has 12 heavy (non-hydrogen) atoms. The Kier molecular flexibility index (Phi) is 5.50. The number of nitrogens with one attached hydrogen (secondary N) is 1. The van der Waals surface area contributed by atoms with Crippen LogP contribution in [0.2, 0.25) is 0 Å². The first-order chi connectivity index (χ1) is 5.52. The van der Waals surface area contributed by atoms with Gasteiger partial charge < -0.3 is 10.4 Å². The fourth-order valence-electron chi connectivity index (χ4n) is 0.776. The Labute approximate surface area is 81.7 Å². The molecular weight excluding hydrogens is 222 g/mol.